The SMILES string of the molecule is CCc1c[nH]c2ccc(Nc3cnccc3N)cc12. The van der Waals surface area contributed by atoms with Crippen molar-refractivity contribution in [2.75, 3.05) is 11.1 Å². The maximum Gasteiger partial charge on any atom is 0.0804 e. The Balaban J connectivity index is 1.99. The third-order valence-electron chi connectivity index (χ3n) is 3.28. The van der Waals surface area contributed by atoms with E-state index in [1.54, 1.807) is 18.5 Å². The number of aromatic amines is 1. The van der Waals surface area contributed by atoms with Crippen LogP contribution < -0.4 is 11.1 Å². The van der Waals surface area contributed by atoms with Gasteiger partial charge >= 0.3 is 0 Å². The molecule has 0 amide bonds. The number of pyridine rings is 1. The summed E-state index contributed by atoms with van der Waals surface area (Å²) in [5.41, 5.74) is 10.9. The van der Waals surface area contributed by atoms with Crippen LogP contribution in [-0.4, -0.2) is 9.97 Å². The Morgan fingerprint density at radius 2 is 2.21 bits per heavy atom. The molecule has 0 saturated carbocycles. The summed E-state index contributed by atoms with van der Waals surface area (Å²) in [6, 6.07) is 8.03. The second-order valence-corrected chi connectivity index (χ2v) is 4.52. The number of aromatic nitrogens is 2. The lowest BCUT2D eigenvalue weighted by Crippen LogP contribution is -1.96. The number of nitrogens with two attached hydrogens (primary N) is 1. The van der Waals surface area contributed by atoms with Crippen molar-refractivity contribution in [2.45, 2.75) is 13.3 Å². The Labute approximate surface area is 111 Å². The molecular formula is C15H16N4. The van der Waals surface area contributed by atoms with E-state index in [4.69, 9.17) is 5.73 Å². The van der Waals surface area contributed by atoms with Gasteiger partial charge in [-0.3, -0.25) is 4.98 Å². The van der Waals surface area contributed by atoms with Crippen molar-refractivity contribution >= 4 is 28.0 Å². The summed E-state index contributed by atoms with van der Waals surface area (Å²) in [5.74, 6) is 0. The van der Waals surface area contributed by atoms with Gasteiger partial charge in [0.2, 0.25) is 0 Å². The minimum absolute atomic E-state index is 0.694. The smallest absolute Gasteiger partial charge is 0.0804 e. The highest BCUT2D eigenvalue weighted by atomic mass is 14.9. The zero-order valence-electron chi connectivity index (χ0n) is 10.8. The standard InChI is InChI=1S/C15H16N4/c1-2-10-8-18-14-4-3-11(7-12(10)14)19-15-9-17-6-5-13(15)16/h3-9,18-19H,2H2,1H3,(H2,16,17). The van der Waals surface area contributed by atoms with Crippen molar-refractivity contribution in [3.8, 4) is 0 Å². The molecule has 0 spiro atoms. The minimum Gasteiger partial charge on any atom is -0.397 e. The first-order chi connectivity index (χ1) is 9.28. The molecule has 1 aromatic carbocycles. The van der Waals surface area contributed by atoms with Gasteiger partial charge in [-0.2, -0.15) is 0 Å². The number of nitrogens with zero attached hydrogens (tertiary/aromatic N) is 1. The Kier molecular flexibility index (Phi) is 2.83. The number of H-pyrrole nitrogens is 1. The van der Waals surface area contributed by atoms with E-state index in [1.807, 2.05) is 6.07 Å². The summed E-state index contributed by atoms with van der Waals surface area (Å²) in [5, 5.41) is 4.55. The monoisotopic (exact) mass is 252 g/mol. The van der Waals surface area contributed by atoms with Gasteiger partial charge in [0.25, 0.3) is 0 Å². The fourth-order valence-corrected chi connectivity index (χ4v) is 2.21. The van der Waals surface area contributed by atoms with Crippen LogP contribution in [0.3, 0.4) is 0 Å². The van der Waals surface area contributed by atoms with E-state index in [2.05, 4.69) is 40.5 Å². The Morgan fingerprint density at radius 3 is 3.00 bits per heavy atom. The third-order valence-corrected chi connectivity index (χ3v) is 3.28. The first-order valence-electron chi connectivity index (χ1n) is 6.34. The van der Waals surface area contributed by atoms with Crippen LogP contribution in [0.4, 0.5) is 17.1 Å². The molecule has 19 heavy (non-hydrogen) atoms. The van der Waals surface area contributed by atoms with Gasteiger partial charge in [0.05, 0.1) is 17.6 Å². The maximum absolute atomic E-state index is 5.91. The second kappa shape index (κ2) is 4.65. The van der Waals surface area contributed by atoms with Crippen LogP contribution in [0.25, 0.3) is 10.9 Å². The van der Waals surface area contributed by atoms with Crippen molar-refractivity contribution in [1.29, 1.82) is 0 Å². The van der Waals surface area contributed by atoms with Gasteiger partial charge in [-0.1, -0.05) is 6.92 Å². The van der Waals surface area contributed by atoms with Crippen LogP contribution in [0, 0.1) is 0 Å². The average Bonchev–Trinajstić information content (AvgIpc) is 2.84. The van der Waals surface area contributed by atoms with Gasteiger partial charge in [-0.05, 0) is 36.2 Å². The number of rotatable bonds is 3. The Hall–Kier alpha value is -2.49. The molecule has 2 heterocycles. The number of nitrogens with one attached hydrogen (secondary N) is 2. The quantitative estimate of drug-likeness (QED) is 0.668. The predicted octanol–water partition coefficient (Wildman–Crippen LogP) is 3.45. The van der Waals surface area contributed by atoms with E-state index in [-0.39, 0.29) is 0 Å². The van der Waals surface area contributed by atoms with E-state index in [0.717, 1.165) is 23.3 Å². The van der Waals surface area contributed by atoms with Gasteiger partial charge in [0.15, 0.2) is 0 Å². The normalized spacial score (nSPS) is 10.8. The van der Waals surface area contributed by atoms with E-state index in [1.165, 1.54) is 10.9 Å². The van der Waals surface area contributed by atoms with Gasteiger partial charge < -0.3 is 16.0 Å². The highest BCUT2D eigenvalue weighted by Crippen LogP contribution is 2.26. The van der Waals surface area contributed by atoms with Crippen LogP contribution in [0.2, 0.25) is 0 Å². The lowest BCUT2D eigenvalue weighted by atomic mass is 10.1. The summed E-state index contributed by atoms with van der Waals surface area (Å²) in [4.78, 5) is 7.36. The van der Waals surface area contributed by atoms with Crippen LogP contribution in [0.5, 0.6) is 0 Å². The molecule has 3 rings (SSSR count). The molecule has 0 bridgehead atoms. The number of benzene rings is 1. The molecule has 4 nitrogen and oxygen atoms in total. The number of fused-ring (bicyclic) bond motifs is 1. The molecule has 2 aromatic heterocycles. The molecular weight excluding hydrogens is 236 g/mol. The Bertz CT molecular complexity index is 715. The Morgan fingerprint density at radius 1 is 1.32 bits per heavy atom. The number of nitrogen functional groups attached to an aromatic ring is 1. The lowest BCUT2D eigenvalue weighted by molar-refractivity contribution is 1.15. The van der Waals surface area contributed by atoms with E-state index >= 15 is 0 Å². The predicted molar refractivity (Wildman–Crippen MR) is 79.6 cm³/mol. The fourth-order valence-electron chi connectivity index (χ4n) is 2.21. The molecule has 0 saturated heterocycles. The molecule has 0 unspecified atom stereocenters. The molecule has 96 valence electrons. The summed E-state index contributed by atoms with van der Waals surface area (Å²) in [7, 11) is 0. The van der Waals surface area contributed by atoms with E-state index < -0.39 is 0 Å². The minimum atomic E-state index is 0.694. The molecule has 0 aliphatic rings. The first-order valence-corrected chi connectivity index (χ1v) is 6.34. The summed E-state index contributed by atoms with van der Waals surface area (Å²) < 4.78 is 0. The van der Waals surface area contributed by atoms with Gasteiger partial charge in [-0.15, -0.1) is 0 Å². The highest BCUT2D eigenvalue weighted by Gasteiger charge is 2.04. The van der Waals surface area contributed by atoms with Crippen molar-refractivity contribution in [1.82, 2.24) is 9.97 Å². The van der Waals surface area contributed by atoms with Gasteiger partial charge in [0.1, 0.15) is 0 Å². The van der Waals surface area contributed by atoms with Crippen LogP contribution in [0.1, 0.15) is 12.5 Å². The number of hydrogen-bond acceptors (Lipinski definition) is 3. The molecule has 0 aliphatic heterocycles. The highest BCUT2D eigenvalue weighted by molar-refractivity contribution is 5.87. The lowest BCUT2D eigenvalue weighted by Gasteiger charge is -2.08. The van der Waals surface area contributed by atoms with Crippen molar-refractivity contribution in [3.05, 3.63) is 48.4 Å². The number of hydrogen-bond donors (Lipinski definition) is 3. The fraction of sp³-hybridized carbons (Fsp3) is 0.133. The summed E-state index contributed by atoms with van der Waals surface area (Å²) in [6.45, 7) is 2.15. The van der Waals surface area contributed by atoms with Crippen molar-refractivity contribution in [3.63, 3.8) is 0 Å². The average molecular weight is 252 g/mol. The van der Waals surface area contributed by atoms with Crippen LogP contribution in [0.15, 0.2) is 42.9 Å². The summed E-state index contributed by atoms with van der Waals surface area (Å²) in [6.07, 6.45) is 6.49. The van der Waals surface area contributed by atoms with Crippen LogP contribution >= 0.6 is 0 Å². The largest absolute Gasteiger partial charge is 0.397 e. The topological polar surface area (TPSA) is 66.7 Å². The maximum atomic E-state index is 5.91. The number of aryl methyl sites for hydroxylation is 1. The molecule has 3 aromatic rings. The molecule has 0 atom stereocenters. The van der Waals surface area contributed by atoms with Crippen molar-refractivity contribution < 1.29 is 0 Å². The van der Waals surface area contributed by atoms with E-state index in [9.17, 15) is 0 Å². The van der Waals surface area contributed by atoms with E-state index in [0.29, 0.717) is 5.69 Å². The molecule has 4 N–H and O–H groups in total. The molecule has 0 radical (unpaired) electrons. The van der Waals surface area contributed by atoms with Crippen molar-refractivity contribution in [2.24, 2.45) is 0 Å². The number of anilines is 3. The zero-order chi connectivity index (χ0) is 13.2. The second-order valence-electron chi connectivity index (χ2n) is 4.52. The molecule has 0 fully saturated rings. The van der Waals surface area contributed by atoms with Gasteiger partial charge in [0, 0.05) is 29.0 Å². The van der Waals surface area contributed by atoms with Gasteiger partial charge in [-0.25, -0.2) is 0 Å². The van der Waals surface area contributed by atoms with Crippen LogP contribution in [-0.2, 0) is 6.42 Å². The molecule has 4 heteroatoms. The zero-order valence-corrected chi connectivity index (χ0v) is 10.8. The summed E-state index contributed by atoms with van der Waals surface area (Å²) >= 11 is 0. The molecule has 0 aliphatic carbocycles. The third kappa shape index (κ3) is 2.12. The first kappa shape index (κ1) is 11.6.